The van der Waals surface area contributed by atoms with Gasteiger partial charge in [0.1, 0.15) is 15.6 Å². The molecule has 0 aliphatic carbocycles. The Balaban J connectivity index is 1.52. The molecule has 1 N–H and O–H groups in total. The molecule has 1 amide bonds. The van der Waals surface area contributed by atoms with Crippen LogP contribution in [-0.4, -0.2) is 36.6 Å². The van der Waals surface area contributed by atoms with Crippen molar-refractivity contribution >= 4 is 23.2 Å². The summed E-state index contributed by atoms with van der Waals surface area (Å²) < 4.78 is 10.5. The third-order valence-electron chi connectivity index (χ3n) is 4.53. The fourth-order valence-electron chi connectivity index (χ4n) is 2.82. The maximum absolute atomic E-state index is 12.5. The first-order valence-electron chi connectivity index (χ1n) is 9.62. The van der Waals surface area contributed by atoms with Crippen molar-refractivity contribution in [3.05, 3.63) is 70.7 Å². The maximum atomic E-state index is 12.5. The summed E-state index contributed by atoms with van der Waals surface area (Å²) >= 11 is 1.26. The lowest BCUT2D eigenvalue weighted by Crippen LogP contribution is -2.36. The standard InChI is InChI=1S/C23H24N2O4S/c1-15-20(30-22(25-15)18-7-5-4-6-8-18)23(27)29-16(2)21(26)24-14-13-17-9-11-19(28-3)12-10-17/h4-12,16H,13-14H2,1-3H3,(H,24,26). The van der Waals surface area contributed by atoms with Gasteiger partial charge in [-0.2, -0.15) is 0 Å². The Hall–Kier alpha value is -3.19. The Bertz CT molecular complexity index is 1000. The number of nitrogens with zero attached hydrogens (tertiary/aromatic N) is 1. The van der Waals surface area contributed by atoms with E-state index >= 15 is 0 Å². The maximum Gasteiger partial charge on any atom is 0.351 e. The Labute approximate surface area is 179 Å². The fraction of sp³-hybridized carbons (Fsp3) is 0.261. The minimum Gasteiger partial charge on any atom is -0.497 e. The van der Waals surface area contributed by atoms with Crippen molar-refractivity contribution in [2.75, 3.05) is 13.7 Å². The van der Waals surface area contributed by atoms with Gasteiger partial charge in [0.2, 0.25) is 0 Å². The normalized spacial score (nSPS) is 11.6. The zero-order valence-corrected chi connectivity index (χ0v) is 18.0. The topological polar surface area (TPSA) is 77.5 Å². The monoisotopic (exact) mass is 424 g/mol. The van der Waals surface area contributed by atoms with Crippen molar-refractivity contribution in [2.24, 2.45) is 0 Å². The van der Waals surface area contributed by atoms with E-state index in [1.807, 2.05) is 54.6 Å². The first-order valence-corrected chi connectivity index (χ1v) is 10.4. The van der Waals surface area contributed by atoms with Crippen molar-refractivity contribution in [3.8, 4) is 16.3 Å². The summed E-state index contributed by atoms with van der Waals surface area (Å²) in [4.78, 5) is 29.7. The molecule has 156 valence electrons. The van der Waals surface area contributed by atoms with Crippen LogP contribution in [-0.2, 0) is 16.0 Å². The van der Waals surface area contributed by atoms with Gasteiger partial charge in [-0.05, 0) is 38.0 Å². The van der Waals surface area contributed by atoms with Crippen LogP contribution in [0.4, 0.5) is 0 Å². The number of carbonyl (C=O) groups excluding carboxylic acids is 2. The number of rotatable bonds is 8. The summed E-state index contributed by atoms with van der Waals surface area (Å²) in [6, 6.07) is 17.3. The molecule has 0 spiro atoms. The highest BCUT2D eigenvalue weighted by Gasteiger charge is 2.23. The van der Waals surface area contributed by atoms with Crippen LogP contribution in [0.15, 0.2) is 54.6 Å². The van der Waals surface area contributed by atoms with E-state index in [-0.39, 0.29) is 5.91 Å². The number of carbonyl (C=O) groups is 2. The van der Waals surface area contributed by atoms with Gasteiger partial charge in [-0.3, -0.25) is 4.79 Å². The molecule has 1 heterocycles. The van der Waals surface area contributed by atoms with Gasteiger partial charge in [-0.25, -0.2) is 9.78 Å². The van der Waals surface area contributed by atoms with E-state index in [0.29, 0.717) is 23.5 Å². The molecule has 0 saturated carbocycles. The minimum atomic E-state index is -0.893. The molecule has 2 aromatic carbocycles. The number of nitrogens with one attached hydrogen (secondary N) is 1. The van der Waals surface area contributed by atoms with Gasteiger partial charge in [0.15, 0.2) is 6.10 Å². The molecule has 7 heteroatoms. The number of ether oxygens (including phenoxy) is 2. The number of hydrogen-bond donors (Lipinski definition) is 1. The van der Waals surface area contributed by atoms with Crippen LogP contribution in [0.1, 0.15) is 27.9 Å². The average Bonchev–Trinajstić information content (AvgIpc) is 3.16. The van der Waals surface area contributed by atoms with Gasteiger partial charge in [0.05, 0.1) is 12.8 Å². The van der Waals surface area contributed by atoms with Gasteiger partial charge in [-0.15, -0.1) is 11.3 Å². The van der Waals surface area contributed by atoms with Crippen molar-refractivity contribution < 1.29 is 19.1 Å². The van der Waals surface area contributed by atoms with Crippen LogP contribution >= 0.6 is 11.3 Å². The molecule has 1 atom stereocenters. The summed E-state index contributed by atoms with van der Waals surface area (Å²) in [6.07, 6.45) is -0.222. The number of methoxy groups -OCH3 is 1. The largest absolute Gasteiger partial charge is 0.497 e. The molecular weight excluding hydrogens is 400 g/mol. The lowest BCUT2D eigenvalue weighted by Gasteiger charge is -2.13. The molecule has 0 bridgehead atoms. The SMILES string of the molecule is COc1ccc(CCNC(=O)C(C)OC(=O)c2sc(-c3ccccc3)nc2C)cc1. The van der Waals surface area contributed by atoms with E-state index in [1.165, 1.54) is 11.3 Å². The minimum absolute atomic E-state index is 0.331. The van der Waals surface area contributed by atoms with Gasteiger partial charge in [0, 0.05) is 12.1 Å². The predicted octanol–water partition coefficient (Wildman–Crippen LogP) is 4.03. The van der Waals surface area contributed by atoms with E-state index in [9.17, 15) is 9.59 Å². The van der Waals surface area contributed by atoms with Crippen molar-refractivity contribution in [3.63, 3.8) is 0 Å². The highest BCUT2D eigenvalue weighted by molar-refractivity contribution is 7.17. The molecule has 0 aliphatic rings. The number of aromatic nitrogens is 1. The molecule has 0 radical (unpaired) electrons. The lowest BCUT2D eigenvalue weighted by atomic mass is 10.1. The second kappa shape index (κ2) is 10.0. The summed E-state index contributed by atoms with van der Waals surface area (Å²) in [5.41, 5.74) is 2.61. The fourth-order valence-corrected chi connectivity index (χ4v) is 3.78. The molecule has 3 aromatic rings. The Kier molecular flexibility index (Phi) is 7.19. The van der Waals surface area contributed by atoms with Crippen LogP contribution in [0.5, 0.6) is 5.75 Å². The van der Waals surface area contributed by atoms with Gasteiger partial charge in [-0.1, -0.05) is 42.5 Å². The Morgan fingerprint density at radius 1 is 1.10 bits per heavy atom. The number of thiazole rings is 1. The van der Waals surface area contributed by atoms with E-state index in [4.69, 9.17) is 9.47 Å². The van der Waals surface area contributed by atoms with Crippen molar-refractivity contribution in [1.29, 1.82) is 0 Å². The molecular formula is C23H24N2O4S. The average molecular weight is 425 g/mol. The lowest BCUT2D eigenvalue weighted by molar-refractivity contribution is -0.129. The zero-order chi connectivity index (χ0) is 21.5. The third-order valence-corrected chi connectivity index (χ3v) is 5.71. The quantitative estimate of drug-likeness (QED) is 0.553. The molecule has 0 fully saturated rings. The zero-order valence-electron chi connectivity index (χ0n) is 17.2. The van der Waals surface area contributed by atoms with E-state index in [1.54, 1.807) is 21.0 Å². The van der Waals surface area contributed by atoms with Crippen LogP contribution in [0.3, 0.4) is 0 Å². The van der Waals surface area contributed by atoms with Crippen LogP contribution in [0, 0.1) is 6.92 Å². The second-order valence-corrected chi connectivity index (χ2v) is 7.74. The molecule has 3 rings (SSSR count). The first-order chi connectivity index (χ1) is 14.5. The Morgan fingerprint density at radius 2 is 1.80 bits per heavy atom. The molecule has 30 heavy (non-hydrogen) atoms. The van der Waals surface area contributed by atoms with Crippen LogP contribution in [0.2, 0.25) is 0 Å². The highest BCUT2D eigenvalue weighted by Crippen LogP contribution is 2.28. The van der Waals surface area contributed by atoms with Crippen molar-refractivity contribution in [1.82, 2.24) is 10.3 Å². The van der Waals surface area contributed by atoms with Crippen molar-refractivity contribution in [2.45, 2.75) is 26.4 Å². The first kappa shape index (κ1) is 21.5. The van der Waals surface area contributed by atoms with E-state index < -0.39 is 12.1 Å². The van der Waals surface area contributed by atoms with E-state index in [0.717, 1.165) is 21.9 Å². The summed E-state index contributed by atoms with van der Waals surface area (Å²) in [5.74, 6) is -0.0793. The number of hydrogen-bond acceptors (Lipinski definition) is 6. The van der Waals surface area contributed by atoms with Gasteiger partial charge < -0.3 is 14.8 Å². The molecule has 0 saturated heterocycles. The predicted molar refractivity (Wildman–Crippen MR) is 117 cm³/mol. The van der Waals surface area contributed by atoms with Crippen LogP contribution < -0.4 is 10.1 Å². The highest BCUT2D eigenvalue weighted by atomic mass is 32.1. The van der Waals surface area contributed by atoms with Gasteiger partial charge in [0.25, 0.3) is 5.91 Å². The third kappa shape index (κ3) is 5.45. The second-order valence-electron chi connectivity index (χ2n) is 6.74. The number of aryl methyl sites for hydroxylation is 1. The number of benzene rings is 2. The smallest absolute Gasteiger partial charge is 0.351 e. The summed E-state index contributed by atoms with van der Waals surface area (Å²) in [5, 5.41) is 3.55. The molecule has 6 nitrogen and oxygen atoms in total. The molecule has 0 aliphatic heterocycles. The summed E-state index contributed by atoms with van der Waals surface area (Å²) in [6.45, 7) is 3.78. The summed E-state index contributed by atoms with van der Waals surface area (Å²) in [7, 11) is 1.62. The van der Waals surface area contributed by atoms with E-state index in [2.05, 4.69) is 10.3 Å². The molecule has 1 aromatic heterocycles. The molecule has 1 unspecified atom stereocenters. The van der Waals surface area contributed by atoms with Gasteiger partial charge >= 0.3 is 5.97 Å². The number of amides is 1. The number of esters is 1. The van der Waals surface area contributed by atoms with Crippen LogP contribution in [0.25, 0.3) is 10.6 Å². The Morgan fingerprint density at radius 3 is 2.47 bits per heavy atom.